The first-order valence-electron chi connectivity index (χ1n) is 9.64. The summed E-state index contributed by atoms with van der Waals surface area (Å²) in [6.07, 6.45) is 2.94. The highest BCUT2D eigenvalue weighted by atomic mass is 16.5. The molecule has 0 aliphatic carbocycles. The van der Waals surface area contributed by atoms with Gasteiger partial charge in [0.15, 0.2) is 5.82 Å². The van der Waals surface area contributed by atoms with Crippen LogP contribution < -0.4 is 9.64 Å². The topological polar surface area (TPSA) is 43.2 Å². The molecule has 0 N–H and O–H groups in total. The predicted molar refractivity (Wildman–Crippen MR) is 110 cm³/mol. The number of hydrogen-bond donors (Lipinski definition) is 0. The molecule has 0 spiro atoms. The van der Waals surface area contributed by atoms with E-state index in [0.29, 0.717) is 0 Å². The van der Waals surface area contributed by atoms with Crippen molar-refractivity contribution in [3.8, 4) is 11.4 Å². The van der Waals surface area contributed by atoms with Crippen LogP contribution in [-0.4, -0.2) is 35.2 Å². The van der Waals surface area contributed by atoms with E-state index >= 15 is 0 Å². The van der Waals surface area contributed by atoms with Crippen molar-refractivity contribution in [1.29, 1.82) is 0 Å². The molecule has 2 aromatic carbocycles. The van der Waals surface area contributed by atoms with Gasteiger partial charge < -0.3 is 9.64 Å². The van der Waals surface area contributed by atoms with Crippen molar-refractivity contribution < 1.29 is 4.74 Å². The molecule has 0 bridgehead atoms. The summed E-state index contributed by atoms with van der Waals surface area (Å²) < 4.78 is 7.25. The minimum absolute atomic E-state index is 0.774. The molecule has 1 aromatic heterocycles. The van der Waals surface area contributed by atoms with Crippen molar-refractivity contribution in [3.05, 3.63) is 65.9 Å². The summed E-state index contributed by atoms with van der Waals surface area (Å²) in [6, 6.07) is 18.4. The van der Waals surface area contributed by atoms with E-state index in [9.17, 15) is 0 Å². The maximum absolute atomic E-state index is 5.29. The Morgan fingerprint density at radius 1 is 0.926 bits per heavy atom. The number of ether oxygens (including phenoxy) is 1. The van der Waals surface area contributed by atoms with Crippen LogP contribution in [-0.2, 0) is 6.42 Å². The minimum atomic E-state index is 0.774. The zero-order valence-corrected chi connectivity index (χ0v) is 16.4. The quantitative estimate of drug-likeness (QED) is 0.561. The first-order chi connectivity index (χ1) is 13.3. The van der Waals surface area contributed by atoms with Gasteiger partial charge >= 0.3 is 0 Å². The van der Waals surface area contributed by atoms with Gasteiger partial charge in [-0.1, -0.05) is 49.4 Å². The van der Waals surface area contributed by atoms with Crippen molar-refractivity contribution in [1.82, 2.24) is 15.0 Å². The van der Waals surface area contributed by atoms with Gasteiger partial charge in [0.2, 0.25) is 0 Å². The van der Waals surface area contributed by atoms with Gasteiger partial charge in [-0.15, -0.1) is 5.10 Å². The Morgan fingerprint density at radius 3 is 2.19 bits per heavy atom. The second kappa shape index (κ2) is 9.21. The molecule has 3 aromatic rings. The number of methoxy groups -OCH3 is 1. The third-order valence-electron chi connectivity index (χ3n) is 4.53. The average Bonchev–Trinajstić information content (AvgIpc) is 3.12. The van der Waals surface area contributed by atoms with Gasteiger partial charge in [-0.05, 0) is 42.7 Å². The van der Waals surface area contributed by atoms with Crippen molar-refractivity contribution >= 4 is 5.82 Å². The Morgan fingerprint density at radius 2 is 1.59 bits per heavy atom. The molecule has 0 amide bonds. The summed E-state index contributed by atoms with van der Waals surface area (Å²) >= 11 is 0. The minimum Gasteiger partial charge on any atom is -0.497 e. The van der Waals surface area contributed by atoms with Crippen LogP contribution in [0.3, 0.4) is 0 Å². The van der Waals surface area contributed by atoms with Crippen molar-refractivity contribution in [2.45, 2.75) is 33.1 Å². The zero-order valence-electron chi connectivity index (χ0n) is 16.4. The van der Waals surface area contributed by atoms with Gasteiger partial charge in [0.05, 0.1) is 12.8 Å². The fourth-order valence-corrected chi connectivity index (χ4v) is 3.29. The molecule has 5 nitrogen and oxygen atoms in total. The second-order valence-electron chi connectivity index (χ2n) is 6.62. The molecule has 0 aliphatic rings. The molecule has 0 radical (unpaired) electrons. The average molecular weight is 364 g/mol. The van der Waals surface area contributed by atoms with Gasteiger partial charge in [-0.3, -0.25) is 0 Å². The fraction of sp³-hybridized carbons (Fsp3) is 0.364. The van der Waals surface area contributed by atoms with E-state index in [0.717, 1.165) is 55.3 Å². The Kier molecular flexibility index (Phi) is 6.47. The summed E-state index contributed by atoms with van der Waals surface area (Å²) in [6.45, 7) is 6.39. The maximum Gasteiger partial charge on any atom is 0.156 e. The van der Waals surface area contributed by atoms with E-state index in [-0.39, 0.29) is 0 Å². The lowest BCUT2D eigenvalue weighted by atomic mass is 10.1. The Hall–Kier alpha value is -2.82. The van der Waals surface area contributed by atoms with Gasteiger partial charge in [0, 0.05) is 19.5 Å². The standard InChI is InChI=1S/C22H28N4O/c1-4-15-25(16-5-2)22-21(17-18-9-7-6-8-10-18)23-24-26(22)19-11-13-20(27-3)14-12-19/h6-14H,4-5,15-17H2,1-3H3. The van der Waals surface area contributed by atoms with E-state index in [1.165, 1.54) is 5.56 Å². The van der Waals surface area contributed by atoms with E-state index < -0.39 is 0 Å². The van der Waals surface area contributed by atoms with Gasteiger partial charge in [0.25, 0.3) is 0 Å². The number of aromatic nitrogens is 3. The molecule has 0 atom stereocenters. The molecule has 1 heterocycles. The van der Waals surface area contributed by atoms with Crippen LogP contribution in [0.15, 0.2) is 54.6 Å². The van der Waals surface area contributed by atoms with Crippen LogP contribution in [0.2, 0.25) is 0 Å². The van der Waals surface area contributed by atoms with Gasteiger partial charge in [-0.25, -0.2) is 0 Å². The summed E-state index contributed by atoms with van der Waals surface area (Å²) in [5.74, 6) is 1.93. The van der Waals surface area contributed by atoms with E-state index in [2.05, 4.69) is 53.3 Å². The van der Waals surface area contributed by atoms with E-state index in [1.54, 1.807) is 7.11 Å². The Labute approximate surface area is 161 Å². The highest BCUT2D eigenvalue weighted by Crippen LogP contribution is 2.26. The fourth-order valence-electron chi connectivity index (χ4n) is 3.29. The van der Waals surface area contributed by atoms with E-state index in [4.69, 9.17) is 4.74 Å². The molecule has 0 saturated carbocycles. The lowest BCUT2D eigenvalue weighted by Crippen LogP contribution is -2.28. The van der Waals surface area contributed by atoms with E-state index in [1.807, 2.05) is 35.0 Å². The number of anilines is 1. The smallest absolute Gasteiger partial charge is 0.156 e. The number of nitrogens with zero attached hydrogens (tertiary/aromatic N) is 4. The molecule has 3 rings (SSSR count). The highest BCUT2D eigenvalue weighted by Gasteiger charge is 2.20. The number of rotatable bonds is 9. The second-order valence-corrected chi connectivity index (χ2v) is 6.62. The summed E-state index contributed by atoms with van der Waals surface area (Å²) in [5, 5.41) is 9.06. The Bertz CT molecular complexity index is 821. The lowest BCUT2D eigenvalue weighted by molar-refractivity contribution is 0.414. The molecule has 0 unspecified atom stereocenters. The third-order valence-corrected chi connectivity index (χ3v) is 4.53. The maximum atomic E-state index is 5.29. The number of benzene rings is 2. The normalized spacial score (nSPS) is 10.8. The molecular weight excluding hydrogens is 336 g/mol. The van der Waals surface area contributed by atoms with Crippen molar-refractivity contribution in [3.63, 3.8) is 0 Å². The summed E-state index contributed by atoms with van der Waals surface area (Å²) in [4.78, 5) is 2.41. The summed E-state index contributed by atoms with van der Waals surface area (Å²) in [5.41, 5.74) is 3.25. The van der Waals surface area contributed by atoms with Crippen LogP contribution in [0.5, 0.6) is 5.75 Å². The van der Waals surface area contributed by atoms with Gasteiger partial charge in [0.1, 0.15) is 11.4 Å². The molecule has 5 heteroatoms. The van der Waals surface area contributed by atoms with Crippen LogP contribution in [0, 0.1) is 0 Å². The largest absolute Gasteiger partial charge is 0.497 e. The zero-order chi connectivity index (χ0) is 19.1. The monoisotopic (exact) mass is 364 g/mol. The SMILES string of the molecule is CCCN(CCC)c1c(Cc2ccccc2)nnn1-c1ccc(OC)cc1. The van der Waals surface area contributed by atoms with Crippen LogP contribution in [0.1, 0.15) is 37.9 Å². The van der Waals surface area contributed by atoms with Crippen molar-refractivity contribution in [2.75, 3.05) is 25.1 Å². The Balaban J connectivity index is 2.03. The molecule has 0 aliphatic heterocycles. The predicted octanol–water partition coefficient (Wildman–Crippen LogP) is 4.49. The molecule has 0 saturated heterocycles. The van der Waals surface area contributed by atoms with Crippen LogP contribution in [0.4, 0.5) is 5.82 Å². The van der Waals surface area contributed by atoms with Gasteiger partial charge in [-0.2, -0.15) is 4.68 Å². The molecular formula is C22H28N4O. The lowest BCUT2D eigenvalue weighted by Gasteiger charge is -2.25. The molecule has 27 heavy (non-hydrogen) atoms. The first-order valence-corrected chi connectivity index (χ1v) is 9.64. The first kappa shape index (κ1) is 19.0. The number of hydrogen-bond acceptors (Lipinski definition) is 4. The van der Waals surface area contributed by atoms with Crippen LogP contribution in [0.25, 0.3) is 5.69 Å². The summed E-state index contributed by atoms with van der Waals surface area (Å²) in [7, 11) is 1.68. The molecule has 0 fully saturated rings. The van der Waals surface area contributed by atoms with Crippen molar-refractivity contribution in [2.24, 2.45) is 0 Å². The highest BCUT2D eigenvalue weighted by molar-refractivity contribution is 5.52. The molecule has 142 valence electrons. The third kappa shape index (κ3) is 4.48. The van der Waals surface area contributed by atoms with Crippen LogP contribution >= 0.6 is 0 Å².